The van der Waals surface area contributed by atoms with Crippen molar-refractivity contribution < 1.29 is 0 Å². The number of azo groups is 1. The van der Waals surface area contributed by atoms with Crippen molar-refractivity contribution in [3.05, 3.63) is 0 Å². The molecule has 4 heteroatoms. The van der Waals surface area contributed by atoms with Crippen molar-refractivity contribution in [2.75, 3.05) is 0 Å². The van der Waals surface area contributed by atoms with Crippen LogP contribution in [0, 0.1) is 0 Å². The fourth-order valence-electron chi connectivity index (χ4n) is 1.85. The molecule has 0 spiro atoms. The third-order valence-electron chi connectivity index (χ3n) is 2.47. The highest BCUT2D eigenvalue weighted by molar-refractivity contribution is 4.83. The lowest BCUT2D eigenvalue weighted by Crippen LogP contribution is -2.43. The largest absolute Gasteiger partial charge is 0.306 e. The SMILES string of the molecule is CC(C)(N)N=NC(C)(C)NC1CCCC1. The van der Waals surface area contributed by atoms with Gasteiger partial charge in [-0.2, -0.15) is 10.2 Å². The highest BCUT2D eigenvalue weighted by Crippen LogP contribution is 2.21. The Balaban J connectivity index is 2.47. The number of nitrogens with two attached hydrogens (primary N) is 1. The van der Waals surface area contributed by atoms with E-state index in [4.69, 9.17) is 5.73 Å². The predicted octanol–water partition coefficient (Wildman–Crippen LogP) is 2.40. The normalized spacial score (nSPS) is 20.3. The van der Waals surface area contributed by atoms with Gasteiger partial charge < -0.3 is 5.73 Å². The molecule has 4 nitrogen and oxygen atoms in total. The first-order valence-electron chi connectivity index (χ1n) is 5.79. The monoisotopic (exact) mass is 212 g/mol. The minimum atomic E-state index is -0.575. The standard InChI is InChI=1S/C11H24N4/c1-10(2,12)14-15-11(3,4)13-9-7-5-6-8-9/h9,13H,5-8,12H2,1-4H3. The number of rotatable bonds is 4. The molecule has 0 heterocycles. The summed E-state index contributed by atoms with van der Waals surface area (Å²) in [4.78, 5) is 0. The zero-order valence-electron chi connectivity index (χ0n) is 10.4. The second kappa shape index (κ2) is 4.58. The third-order valence-corrected chi connectivity index (χ3v) is 2.47. The van der Waals surface area contributed by atoms with E-state index in [-0.39, 0.29) is 5.66 Å². The molecule has 1 aliphatic carbocycles. The fourth-order valence-corrected chi connectivity index (χ4v) is 1.85. The Morgan fingerprint density at radius 2 is 1.60 bits per heavy atom. The summed E-state index contributed by atoms with van der Waals surface area (Å²) in [5.74, 6) is 0. The summed E-state index contributed by atoms with van der Waals surface area (Å²) in [6.45, 7) is 7.78. The van der Waals surface area contributed by atoms with Crippen molar-refractivity contribution in [3.8, 4) is 0 Å². The lowest BCUT2D eigenvalue weighted by atomic mass is 10.2. The summed E-state index contributed by atoms with van der Waals surface area (Å²) in [5, 5.41) is 11.9. The molecule has 0 aromatic rings. The first-order chi connectivity index (χ1) is 6.79. The Hall–Kier alpha value is -0.480. The second-order valence-corrected chi connectivity index (χ2v) is 5.54. The molecule has 0 amide bonds. The van der Waals surface area contributed by atoms with E-state index in [1.807, 2.05) is 27.7 Å². The number of hydrogen-bond acceptors (Lipinski definition) is 4. The van der Waals surface area contributed by atoms with Crippen LogP contribution in [0.2, 0.25) is 0 Å². The lowest BCUT2D eigenvalue weighted by Gasteiger charge is -2.26. The zero-order chi connectivity index (χ0) is 11.5. The Kier molecular flexibility index (Phi) is 3.84. The van der Waals surface area contributed by atoms with E-state index >= 15 is 0 Å². The van der Waals surface area contributed by atoms with E-state index in [0.717, 1.165) is 0 Å². The molecule has 0 aromatic heterocycles. The molecule has 0 atom stereocenters. The van der Waals surface area contributed by atoms with E-state index in [1.165, 1.54) is 25.7 Å². The van der Waals surface area contributed by atoms with Crippen LogP contribution in [0.25, 0.3) is 0 Å². The molecule has 88 valence electrons. The molecule has 0 unspecified atom stereocenters. The zero-order valence-corrected chi connectivity index (χ0v) is 10.4. The average molecular weight is 212 g/mol. The molecule has 1 fully saturated rings. The molecule has 0 aromatic carbocycles. The van der Waals surface area contributed by atoms with Gasteiger partial charge in [0.2, 0.25) is 0 Å². The molecule has 0 saturated heterocycles. The summed E-state index contributed by atoms with van der Waals surface area (Å²) >= 11 is 0. The van der Waals surface area contributed by atoms with Gasteiger partial charge in [0.1, 0.15) is 11.3 Å². The van der Waals surface area contributed by atoms with Crippen molar-refractivity contribution >= 4 is 0 Å². The van der Waals surface area contributed by atoms with Gasteiger partial charge >= 0.3 is 0 Å². The van der Waals surface area contributed by atoms with E-state index in [2.05, 4.69) is 15.5 Å². The molecule has 1 saturated carbocycles. The number of nitrogens with zero attached hydrogens (tertiary/aromatic N) is 2. The van der Waals surface area contributed by atoms with Gasteiger partial charge in [0.25, 0.3) is 0 Å². The highest BCUT2D eigenvalue weighted by atomic mass is 15.3. The Labute approximate surface area is 92.7 Å². The third kappa shape index (κ3) is 5.23. The van der Waals surface area contributed by atoms with Crippen LogP contribution >= 0.6 is 0 Å². The van der Waals surface area contributed by atoms with Crippen LogP contribution in [-0.2, 0) is 0 Å². The van der Waals surface area contributed by atoms with Gasteiger partial charge in [0.05, 0.1) is 0 Å². The molecule has 0 aliphatic heterocycles. The van der Waals surface area contributed by atoms with Crippen LogP contribution in [0.15, 0.2) is 10.2 Å². The molecular formula is C11H24N4. The number of hydrogen-bond donors (Lipinski definition) is 2. The summed E-state index contributed by atoms with van der Waals surface area (Å²) in [6.07, 6.45) is 5.16. The van der Waals surface area contributed by atoms with Crippen molar-refractivity contribution in [3.63, 3.8) is 0 Å². The fraction of sp³-hybridized carbons (Fsp3) is 1.00. The van der Waals surface area contributed by atoms with Crippen LogP contribution < -0.4 is 11.1 Å². The second-order valence-electron chi connectivity index (χ2n) is 5.54. The van der Waals surface area contributed by atoms with Crippen LogP contribution in [0.4, 0.5) is 0 Å². The van der Waals surface area contributed by atoms with E-state index in [1.54, 1.807) is 0 Å². The van der Waals surface area contributed by atoms with Crippen LogP contribution in [0.3, 0.4) is 0 Å². The van der Waals surface area contributed by atoms with Crippen molar-refractivity contribution in [2.24, 2.45) is 16.0 Å². The van der Waals surface area contributed by atoms with Crippen LogP contribution in [0.1, 0.15) is 53.4 Å². The van der Waals surface area contributed by atoms with E-state index in [9.17, 15) is 0 Å². The minimum Gasteiger partial charge on any atom is -0.306 e. The van der Waals surface area contributed by atoms with E-state index in [0.29, 0.717) is 6.04 Å². The van der Waals surface area contributed by atoms with Crippen molar-refractivity contribution in [2.45, 2.75) is 70.7 Å². The van der Waals surface area contributed by atoms with Crippen LogP contribution in [0.5, 0.6) is 0 Å². The molecular weight excluding hydrogens is 188 g/mol. The van der Waals surface area contributed by atoms with E-state index < -0.39 is 5.66 Å². The molecule has 1 aliphatic rings. The van der Waals surface area contributed by atoms with Gasteiger partial charge in [-0.1, -0.05) is 12.8 Å². The average Bonchev–Trinajstić information content (AvgIpc) is 2.52. The lowest BCUT2D eigenvalue weighted by molar-refractivity contribution is 0.317. The molecule has 1 rings (SSSR count). The van der Waals surface area contributed by atoms with Gasteiger partial charge in [-0.15, -0.1) is 0 Å². The van der Waals surface area contributed by atoms with Gasteiger partial charge in [-0.3, -0.25) is 5.32 Å². The van der Waals surface area contributed by atoms with Crippen molar-refractivity contribution in [1.29, 1.82) is 0 Å². The quantitative estimate of drug-likeness (QED) is 0.703. The molecule has 0 bridgehead atoms. The summed E-state index contributed by atoms with van der Waals surface area (Å²) in [5.41, 5.74) is 4.89. The Morgan fingerprint density at radius 1 is 1.07 bits per heavy atom. The smallest absolute Gasteiger partial charge is 0.126 e. The van der Waals surface area contributed by atoms with Crippen LogP contribution in [-0.4, -0.2) is 17.4 Å². The maximum absolute atomic E-state index is 5.76. The molecule has 0 radical (unpaired) electrons. The predicted molar refractivity (Wildman–Crippen MR) is 62.6 cm³/mol. The minimum absolute atomic E-state index is 0.300. The first-order valence-corrected chi connectivity index (χ1v) is 5.79. The summed E-state index contributed by atoms with van der Waals surface area (Å²) in [6, 6.07) is 0.597. The molecule has 3 N–H and O–H groups in total. The Bertz CT molecular complexity index is 221. The summed E-state index contributed by atoms with van der Waals surface area (Å²) < 4.78 is 0. The van der Waals surface area contributed by atoms with Gasteiger partial charge in [-0.25, -0.2) is 0 Å². The maximum Gasteiger partial charge on any atom is 0.126 e. The maximum atomic E-state index is 5.76. The molecule has 15 heavy (non-hydrogen) atoms. The summed E-state index contributed by atoms with van der Waals surface area (Å²) in [7, 11) is 0. The van der Waals surface area contributed by atoms with Crippen molar-refractivity contribution in [1.82, 2.24) is 5.32 Å². The number of nitrogens with one attached hydrogen (secondary N) is 1. The van der Waals surface area contributed by atoms with Gasteiger partial charge in [0.15, 0.2) is 0 Å². The first kappa shape index (κ1) is 12.6. The van der Waals surface area contributed by atoms with Gasteiger partial charge in [0, 0.05) is 6.04 Å². The Morgan fingerprint density at radius 3 is 2.07 bits per heavy atom. The highest BCUT2D eigenvalue weighted by Gasteiger charge is 2.24. The topological polar surface area (TPSA) is 62.8 Å². The van der Waals surface area contributed by atoms with Gasteiger partial charge in [-0.05, 0) is 40.5 Å².